The Morgan fingerprint density at radius 3 is 2.95 bits per heavy atom. The van der Waals surface area contributed by atoms with Crippen LogP contribution in [0.5, 0.6) is 5.75 Å². The van der Waals surface area contributed by atoms with Gasteiger partial charge in [-0.3, -0.25) is 4.90 Å². The van der Waals surface area contributed by atoms with Gasteiger partial charge >= 0.3 is 0 Å². The third-order valence-electron chi connectivity index (χ3n) is 4.19. The van der Waals surface area contributed by atoms with Gasteiger partial charge in [-0.2, -0.15) is 0 Å². The number of likely N-dealkylation sites (N-methyl/N-ethyl adjacent to an activating group) is 1. The minimum absolute atomic E-state index is 0.0472. The number of nitrogens with zero attached hydrogens (tertiary/aromatic N) is 2. The van der Waals surface area contributed by atoms with Gasteiger partial charge in [0.05, 0.1) is 7.11 Å². The molecule has 1 aromatic carbocycles. The lowest BCUT2D eigenvalue weighted by molar-refractivity contribution is 0.128. The van der Waals surface area contributed by atoms with Gasteiger partial charge in [0.25, 0.3) is 0 Å². The molecule has 2 atom stereocenters. The van der Waals surface area contributed by atoms with Crippen molar-refractivity contribution < 1.29 is 4.74 Å². The van der Waals surface area contributed by atoms with Crippen LogP contribution in [-0.4, -0.2) is 56.7 Å². The molecule has 1 aliphatic rings. The summed E-state index contributed by atoms with van der Waals surface area (Å²) in [5, 5.41) is 0. The molecule has 0 radical (unpaired) electrons. The third-order valence-corrected chi connectivity index (χ3v) is 4.19. The van der Waals surface area contributed by atoms with E-state index in [0.717, 1.165) is 30.9 Å². The predicted molar refractivity (Wildman–Crippen MR) is 83.1 cm³/mol. The van der Waals surface area contributed by atoms with E-state index < -0.39 is 0 Å². The highest BCUT2D eigenvalue weighted by atomic mass is 16.5. The van der Waals surface area contributed by atoms with Crippen molar-refractivity contribution >= 4 is 0 Å². The highest BCUT2D eigenvalue weighted by Crippen LogP contribution is 2.20. The van der Waals surface area contributed by atoms with Crippen LogP contribution in [0.3, 0.4) is 0 Å². The number of benzene rings is 1. The molecule has 2 N–H and O–H groups in total. The van der Waals surface area contributed by atoms with E-state index >= 15 is 0 Å². The van der Waals surface area contributed by atoms with Crippen LogP contribution in [0.25, 0.3) is 0 Å². The molecule has 20 heavy (non-hydrogen) atoms. The normalized spacial score (nSPS) is 21.9. The van der Waals surface area contributed by atoms with Crippen molar-refractivity contribution in [3.63, 3.8) is 0 Å². The van der Waals surface area contributed by atoms with E-state index in [1.807, 2.05) is 18.2 Å². The van der Waals surface area contributed by atoms with Gasteiger partial charge in [0.1, 0.15) is 5.75 Å². The summed E-state index contributed by atoms with van der Waals surface area (Å²) in [7, 11) is 6.02. The fourth-order valence-electron chi connectivity index (χ4n) is 2.87. The van der Waals surface area contributed by atoms with Crippen LogP contribution >= 0.6 is 0 Å². The van der Waals surface area contributed by atoms with Crippen LogP contribution in [0.15, 0.2) is 24.3 Å². The highest BCUT2D eigenvalue weighted by molar-refractivity contribution is 5.30. The van der Waals surface area contributed by atoms with E-state index in [1.165, 1.54) is 12.8 Å². The standard InChI is InChI=1S/C16H27N3O/c1-18(2)14-7-5-9-19(11-14)12-16(17)13-6-4-8-15(10-13)20-3/h4,6,8,10,14,16H,5,7,9,11-12,17H2,1-3H3. The summed E-state index contributed by atoms with van der Waals surface area (Å²) in [6.45, 7) is 3.18. The Kier molecular flexibility index (Phi) is 5.40. The van der Waals surface area contributed by atoms with Gasteiger partial charge < -0.3 is 15.4 Å². The lowest BCUT2D eigenvalue weighted by Gasteiger charge is -2.37. The largest absolute Gasteiger partial charge is 0.497 e. The smallest absolute Gasteiger partial charge is 0.119 e. The molecule has 4 heteroatoms. The lowest BCUT2D eigenvalue weighted by Crippen LogP contribution is -2.47. The van der Waals surface area contributed by atoms with Gasteiger partial charge in [0.15, 0.2) is 0 Å². The van der Waals surface area contributed by atoms with Crippen molar-refractivity contribution in [2.75, 3.05) is 40.8 Å². The van der Waals surface area contributed by atoms with Crippen LogP contribution in [-0.2, 0) is 0 Å². The average Bonchev–Trinajstić information content (AvgIpc) is 2.47. The van der Waals surface area contributed by atoms with Crippen molar-refractivity contribution in [3.05, 3.63) is 29.8 Å². The first-order valence-electron chi connectivity index (χ1n) is 7.38. The maximum atomic E-state index is 6.36. The number of hydrogen-bond donors (Lipinski definition) is 1. The summed E-state index contributed by atoms with van der Waals surface area (Å²) < 4.78 is 5.27. The number of hydrogen-bond acceptors (Lipinski definition) is 4. The molecule has 0 saturated carbocycles. The number of methoxy groups -OCH3 is 1. The van der Waals surface area contributed by atoms with E-state index in [0.29, 0.717) is 6.04 Å². The Hall–Kier alpha value is -1.10. The molecule has 4 nitrogen and oxygen atoms in total. The molecule has 0 amide bonds. The van der Waals surface area contributed by atoms with Gasteiger partial charge in [-0.15, -0.1) is 0 Å². The van der Waals surface area contributed by atoms with Gasteiger partial charge in [-0.25, -0.2) is 0 Å². The second kappa shape index (κ2) is 7.07. The molecule has 0 aliphatic carbocycles. The summed E-state index contributed by atoms with van der Waals surface area (Å²) in [6, 6.07) is 8.79. The molecule has 1 aromatic rings. The molecule has 1 saturated heterocycles. The molecular formula is C16H27N3O. The zero-order valence-corrected chi connectivity index (χ0v) is 12.9. The minimum Gasteiger partial charge on any atom is -0.497 e. The zero-order valence-electron chi connectivity index (χ0n) is 12.9. The molecule has 2 unspecified atom stereocenters. The quantitative estimate of drug-likeness (QED) is 0.890. The number of nitrogens with two attached hydrogens (primary N) is 1. The van der Waals surface area contributed by atoms with Crippen LogP contribution in [0, 0.1) is 0 Å². The minimum atomic E-state index is 0.0472. The second-order valence-corrected chi connectivity index (χ2v) is 5.90. The van der Waals surface area contributed by atoms with Crippen molar-refractivity contribution in [2.24, 2.45) is 5.73 Å². The fourth-order valence-corrected chi connectivity index (χ4v) is 2.87. The second-order valence-electron chi connectivity index (χ2n) is 5.90. The molecule has 2 rings (SSSR count). The van der Waals surface area contributed by atoms with Crippen LogP contribution in [0.2, 0.25) is 0 Å². The SMILES string of the molecule is COc1cccc(C(N)CN2CCCC(N(C)C)C2)c1. The van der Waals surface area contributed by atoms with Crippen molar-refractivity contribution in [1.82, 2.24) is 9.80 Å². The topological polar surface area (TPSA) is 41.7 Å². The van der Waals surface area contributed by atoms with E-state index in [4.69, 9.17) is 10.5 Å². The van der Waals surface area contributed by atoms with Crippen molar-refractivity contribution in [2.45, 2.75) is 24.9 Å². The molecule has 1 aliphatic heterocycles. The number of piperidine rings is 1. The first kappa shape index (κ1) is 15.3. The number of likely N-dealkylation sites (tertiary alicyclic amines) is 1. The van der Waals surface area contributed by atoms with Crippen LogP contribution in [0.1, 0.15) is 24.4 Å². The first-order valence-corrected chi connectivity index (χ1v) is 7.38. The van der Waals surface area contributed by atoms with Crippen molar-refractivity contribution in [1.29, 1.82) is 0 Å². The Morgan fingerprint density at radius 1 is 1.45 bits per heavy atom. The van der Waals surface area contributed by atoms with Gasteiger partial charge in [0.2, 0.25) is 0 Å². The zero-order chi connectivity index (χ0) is 14.5. The summed E-state index contributed by atoms with van der Waals surface area (Å²) in [5.74, 6) is 0.878. The molecular weight excluding hydrogens is 250 g/mol. The molecule has 0 aromatic heterocycles. The van der Waals surface area contributed by atoms with Gasteiger partial charge in [0, 0.05) is 25.2 Å². The molecule has 112 valence electrons. The maximum Gasteiger partial charge on any atom is 0.119 e. The van der Waals surface area contributed by atoms with Crippen LogP contribution < -0.4 is 10.5 Å². The fraction of sp³-hybridized carbons (Fsp3) is 0.625. The Morgan fingerprint density at radius 2 is 2.25 bits per heavy atom. The molecule has 1 heterocycles. The molecule has 0 bridgehead atoms. The molecule has 1 fully saturated rings. The molecule has 0 spiro atoms. The van der Waals surface area contributed by atoms with E-state index in [9.17, 15) is 0 Å². The van der Waals surface area contributed by atoms with Gasteiger partial charge in [-0.05, 0) is 51.2 Å². The first-order chi connectivity index (χ1) is 9.60. The van der Waals surface area contributed by atoms with Crippen molar-refractivity contribution in [3.8, 4) is 5.75 Å². The van der Waals surface area contributed by atoms with E-state index in [2.05, 4.69) is 30.0 Å². The highest BCUT2D eigenvalue weighted by Gasteiger charge is 2.22. The third kappa shape index (κ3) is 3.95. The Bertz CT molecular complexity index is 422. The van der Waals surface area contributed by atoms with E-state index in [1.54, 1.807) is 7.11 Å². The van der Waals surface area contributed by atoms with Crippen LogP contribution in [0.4, 0.5) is 0 Å². The summed E-state index contributed by atoms with van der Waals surface area (Å²) in [4.78, 5) is 4.81. The number of rotatable bonds is 5. The predicted octanol–water partition coefficient (Wildman–Crippen LogP) is 1.72. The lowest BCUT2D eigenvalue weighted by atomic mass is 10.0. The maximum absolute atomic E-state index is 6.36. The average molecular weight is 277 g/mol. The van der Waals surface area contributed by atoms with Gasteiger partial charge in [-0.1, -0.05) is 12.1 Å². The number of ether oxygens (including phenoxy) is 1. The van der Waals surface area contributed by atoms with E-state index in [-0.39, 0.29) is 6.04 Å². The summed E-state index contributed by atoms with van der Waals surface area (Å²) in [6.07, 6.45) is 2.55. The summed E-state index contributed by atoms with van der Waals surface area (Å²) in [5.41, 5.74) is 7.51. The summed E-state index contributed by atoms with van der Waals surface area (Å²) >= 11 is 0. The Labute approximate surface area is 122 Å². The monoisotopic (exact) mass is 277 g/mol. The Balaban J connectivity index is 1.94.